The summed E-state index contributed by atoms with van der Waals surface area (Å²) in [5, 5.41) is 14.0. The number of benzene rings is 2. The topological polar surface area (TPSA) is 78.2 Å². The number of amides is 1. The van der Waals surface area contributed by atoms with Crippen molar-refractivity contribution in [3.63, 3.8) is 0 Å². The molecule has 1 saturated carbocycles. The summed E-state index contributed by atoms with van der Waals surface area (Å²) < 4.78 is 26.6. The summed E-state index contributed by atoms with van der Waals surface area (Å²) in [7, 11) is 0. The molecule has 1 aliphatic heterocycles. The zero-order valence-corrected chi connectivity index (χ0v) is 16.2. The van der Waals surface area contributed by atoms with E-state index < -0.39 is 11.7 Å². The zero-order chi connectivity index (χ0) is 20.9. The first kappa shape index (κ1) is 19.9. The zero-order valence-electron chi connectivity index (χ0n) is 16.2. The Kier molecular flexibility index (Phi) is 5.92. The molecule has 0 aromatic heterocycles. The fraction of sp³-hybridized carbons (Fsp3) is 0.273. The molecule has 1 fully saturated rings. The van der Waals surface area contributed by atoms with Crippen molar-refractivity contribution in [3.05, 3.63) is 83.2 Å². The molecule has 0 radical (unpaired) electrons. The lowest BCUT2D eigenvalue weighted by Crippen LogP contribution is -2.41. The van der Waals surface area contributed by atoms with Crippen molar-refractivity contribution < 1.29 is 13.6 Å². The molecule has 30 heavy (non-hydrogen) atoms. The molecule has 2 aliphatic rings. The van der Waals surface area contributed by atoms with Gasteiger partial charge in [0.25, 0.3) is 5.91 Å². The summed E-state index contributed by atoms with van der Waals surface area (Å²) in [6.45, 7) is 0. The summed E-state index contributed by atoms with van der Waals surface area (Å²) in [6.07, 6.45) is 5.84. The standard InChI is InChI=1S/C22H21F2N5O/c23-16-10-8-14(9-11-16)19-13-20(29-28-19)26-22(25-18-6-1-2-7-18)27-21(30)15-4-3-5-17(24)12-15/h3-5,8-13,18-19H,1-2,6-7H2,(H2,25,26,27,30). The fourth-order valence-electron chi connectivity index (χ4n) is 3.47. The Labute approximate surface area is 172 Å². The maximum atomic E-state index is 13.5. The first-order chi connectivity index (χ1) is 14.6. The van der Waals surface area contributed by atoms with Gasteiger partial charge in [-0.25, -0.2) is 13.8 Å². The molecule has 2 N–H and O–H groups in total. The molecule has 1 aliphatic carbocycles. The van der Waals surface area contributed by atoms with Crippen molar-refractivity contribution in [2.45, 2.75) is 37.8 Å². The highest BCUT2D eigenvalue weighted by Crippen LogP contribution is 2.26. The molecule has 1 amide bonds. The van der Waals surface area contributed by atoms with Crippen molar-refractivity contribution in [3.8, 4) is 0 Å². The average Bonchev–Trinajstić information content (AvgIpc) is 3.41. The number of nitrogens with zero attached hydrogens (tertiary/aromatic N) is 3. The highest BCUT2D eigenvalue weighted by molar-refractivity contribution is 6.06. The first-order valence-electron chi connectivity index (χ1n) is 9.87. The lowest BCUT2D eigenvalue weighted by Gasteiger charge is -2.13. The van der Waals surface area contributed by atoms with E-state index in [4.69, 9.17) is 0 Å². The molecule has 1 unspecified atom stereocenters. The highest BCUT2D eigenvalue weighted by atomic mass is 19.1. The van der Waals surface area contributed by atoms with Gasteiger partial charge in [-0.3, -0.25) is 10.1 Å². The lowest BCUT2D eigenvalue weighted by molar-refractivity contribution is 0.0975. The highest BCUT2D eigenvalue weighted by Gasteiger charge is 2.20. The first-order valence-corrected chi connectivity index (χ1v) is 9.87. The Balaban J connectivity index is 1.50. The summed E-state index contributed by atoms with van der Waals surface area (Å²) in [6, 6.07) is 11.3. The Morgan fingerprint density at radius 2 is 1.80 bits per heavy atom. The molecule has 1 atom stereocenters. The van der Waals surface area contributed by atoms with E-state index in [1.54, 1.807) is 18.2 Å². The van der Waals surface area contributed by atoms with Crippen LogP contribution in [-0.4, -0.2) is 17.9 Å². The molecule has 2 aromatic carbocycles. The van der Waals surface area contributed by atoms with Crippen LogP contribution in [0.25, 0.3) is 0 Å². The third-order valence-electron chi connectivity index (χ3n) is 5.02. The average molecular weight is 409 g/mol. The van der Waals surface area contributed by atoms with E-state index in [0.717, 1.165) is 31.2 Å². The minimum absolute atomic E-state index is 0.104. The van der Waals surface area contributed by atoms with Crippen molar-refractivity contribution in [2.24, 2.45) is 15.2 Å². The quantitative estimate of drug-likeness (QED) is 0.570. The lowest BCUT2D eigenvalue weighted by atomic mass is 10.1. The van der Waals surface area contributed by atoms with Crippen molar-refractivity contribution >= 4 is 11.9 Å². The second kappa shape index (κ2) is 8.94. The number of nitrogens with one attached hydrogen (secondary N) is 2. The summed E-state index contributed by atoms with van der Waals surface area (Å²) >= 11 is 0. The van der Waals surface area contributed by atoms with E-state index in [0.29, 0.717) is 5.82 Å². The normalized spacial score (nSPS) is 19.1. The van der Waals surface area contributed by atoms with Crippen LogP contribution < -0.4 is 10.6 Å². The summed E-state index contributed by atoms with van der Waals surface area (Å²) in [4.78, 5) is 17.2. The van der Waals surface area contributed by atoms with Gasteiger partial charge in [0.2, 0.25) is 5.96 Å². The number of hydrogen-bond donors (Lipinski definition) is 2. The number of hydrogen-bond acceptors (Lipinski definition) is 4. The molecule has 0 saturated heterocycles. The molecule has 0 spiro atoms. The molecule has 8 heteroatoms. The molecular weight excluding hydrogens is 388 g/mol. The van der Waals surface area contributed by atoms with Crippen LogP contribution in [0, 0.1) is 11.6 Å². The Bertz CT molecular complexity index is 1010. The van der Waals surface area contributed by atoms with Gasteiger partial charge in [-0.15, -0.1) is 5.11 Å². The number of carbonyl (C=O) groups excluding carboxylic acids is 1. The number of aliphatic imine (C=N–C) groups is 1. The van der Waals surface area contributed by atoms with E-state index in [2.05, 4.69) is 25.9 Å². The molecule has 6 nitrogen and oxygen atoms in total. The number of guanidine groups is 1. The van der Waals surface area contributed by atoms with Gasteiger partial charge in [-0.05, 0) is 54.8 Å². The largest absolute Gasteiger partial charge is 0.309 e. The number of azo groups is 1. The molecule has 154 valence electrons. The molecule has 0 bridgehead atoms. The summed E-state index contributed by atoms with van der Waals surface area (Å²) in [5.41, 5.74) is 0.997. The molecular formula is C22H21F2N5O. The van der Waals surface area contributed by atoms with Crippen LogP contribution >= 0.6 is 0 Å². The SMILES string of the molecule is O=C(NC(=NC1CCCC1)NC1=CC(c2ccc(F)cc2)N=N1)c1cccc(F)c1. The van der Waals surface area contributed by atoms with Gasteiger partial charge in [0.15, 0.2) is 5.82 Å². The van der Waals surface area contributed by atoms with Crippen LogP contribution in [0.1, 0.15) is 47.6 Å². The number of halogens is 2. The Hall–Kier alpha value is -3.42. The maximum Gasteiger partial charge on any atom is 0.258 e. The van der Waals surface area contributed by atoms with E-state index >= 15 is 0 Å². The molecule has 1 heterocycles. The summed E-state index contributed by atoms with van der Waals surface area (Å²) in [5.74, 6) is -0.590. The van der Waals surface area contributed by atoms with Gasteiger partial charge < -0.3 is 5.32 Å². The van der Waals surface area contributed by atoms with Crippen LogP contribution in [0.15, 0.2) is 75.6 Å². The van der Waals surface area contributed by atoms with Crippen LogP contribution in [0.4, 0.5) is 8.78 Å². The minimum Gasteiger partial charge on any atom is -0.309 e. The predicted octanol–water partition coefficient (Wildman–Crippen LogP) is 4.63. The second-order valence-corrected chi connectivity index (χ2v) is 7.27. The van der Waals surface area contributed by atoms with E-state index in [9.17, 15) is 13.6 Å². The van der Waals surface area contributed by atoms with E-state index in [1.165, 1.54) is 36.4 Å². The van der Waals surface area contributed by atoms with Crippen molar-refractivity contribution in [2.75, 3.05) is 0 Å². The van der Waals surface area contributed by atoms with Crippen molar-refractivity contribution in [1.29, 1.82) is 0 Å². The van der Waals surface area contributed by atoms with E-state index in [-0.39, 0.29) is 29.4 Å². The molecule has 4 rings (SSSR count). The number of rotatable bonds is 4. The molecule has 2 aromatic rings. The van der Waals surface area contributed by atoms with Gasteiger partial charge >= 0.3 is 0 Å². The maximum absolute atomic E-state index is 13.5. The smallest absolute Gasteiger partial charge is 0.258 e. The Morgan fingerprint density at radius 1 is 1.03 bits per heavy atom. The van der Waals surface area contributed by atoms with Gasteiger partial charge in [-0.2, -0.15) is 5.11 Å². The van der Waals surface area contributed by atoms with Crippen LogP contribution in [0.2, 0.25) is 0 Å². The van der Waals surface area contributed by atoms with Crippen LogP contribution in [0.3, 0.4) is 0 Å². The predicted molar refractivity (Wildman–Crippen MR) is 109 cm³/mol. The third kappa shape index (κ3) is 4.94. The van der Waals surface area contributed by atoms with E-state index in [1.807, 2.05) is 0 Å². The Morgan fingerprint density at radius 3 is 2.53 bits per heavy atom. The van der Waals surface area contributed by atoms with Gasteiger partial charge in [-0.1, -0.05) is 31.0 Å². The minimum atomic E-state index is -0.487. The van der Waals surface area contributed by atoms with Gasteiger partial charge in [0.05, 0.1) is 6.04 Å². The van der Waals surface area contributed by atoms with Gasteiger partial charge in [0, 0.05) is 5.56 Å². The van der Waals surface area contributed by atoms with Gasteiger partial charge in [0.1, 0.15) is 17.7 Å². The van der Waals surface area contributed by atoms with Crippen molar-refractivity contribution in [1.82, 2.24) is 10.6 Å². The van der Waals surface area contributed by atoms with Crippen LogP contribution in [0.5, 0.6) is 0 Å². The fourth-order valence-corrected chi connectivity index (χ4v) is 3.47. The number of carbonyl (C=O) groups is 1. The van der Waals surface area contributed by atoms with Crippen LogP contribution in [-0.2, 0) is 0 Å². The second-order valence-electron chi connectivity index (χ2n) is 7.27. The monoisotopic (exact) mass is 409 g/mol. The third-order valence-corrected chi connectivity index (χ3v) is 5.02.